The molecule has 0 unspecified atom stereocenters. The molecule has 118 valence electrons. The summed E-state index contributed by atoms with van der Waals surface area (Å²) in [6.07, 6.45) is 3.31. The van der Waals surface area contributed by atoms with Crippen LogP contribution in [0.1, 0.15) is 26.7 Å². The molecule has 0 aliphatic heterocycles. The Morgan fingerprint density at radius 2 is 2.14 bits per heavy atom. The van der Waals surface area contributed by atoms with E-state index in [0.29, 0.717) is 18.8 Å². The van der Waals surface area contributed by atoms with Crippen molar-refractivity contribution >= 4 is 11.6 Å². The van der Waals surface area contributed by atoms with Crippen molar-refractivity contribution in [1.29, 1.82) is 0 Å². The molecule has 1 amide bonds. The second-order valence-electron chi connectivity index (χ2n) is 5.00. The van der Waals surface area contributed by atoms with E-state index in [0.717, 1.165) is 17.5 Å². The zero-order valence-electron chi connectivity index (χ0n) is 13.0. The van der Waals surface area contributed by atoms with Gasteiger partial charge in [-0.3, -0.25) is 9.59 Å². The lowest BCUT2D eigenvalue weighted by molar-refractivity contribution is -0.122. The lowest BCUT2D eigenvalue weighted by Gasteiger charge is -2.18. The highest BCUT2D eigenvalue weighted by molar-refractivity contribution is 5.75. The van der Waals surface area contributed by atoms with Crippen LogP contribution in [0.3, 0.4) is 0 Å². The number of nitrogens with two attached hydrogens (primary N) is 1. The predicted octanol–water partition coefficient (Wildman–Crippen LogP) is -0.0570. The van der Waals surface area contributed by atoms with Gasteiger partial charge in [-0.05, 0) is 12.8 Å². The second kappa shape index (κ2) is 8.41. The Morgan fingerprint density at radius 3 is 2.67 bits per heavy atom. The number of amides is 1. The molecule has 21 heavy (non-hydrogen) atoms. The normalized spacial score (nSPS) is 10.7. The number of nitrogens with zero attached hydrogens (tertiary/aromatic N) is 3. The van der Waals surface area contributed by atoms with Crippen molar-refractivity contribution < 1.29 is 4.79 Å². The molecule has 0 bridgehead atoms. The molecule has 0 atom stereocenters. The fourth-order valence-electron chi connectivity index (χ4n) is 1.98. The minimum atomic E-state index is -0.295. The molecule has 1 aromatic heterocycles. The standard InChI is InChI=1S/C14H25N5O2/c1-4-11(5-2)17-13(20)10-19-14(21)8-12(9-16-19)18(3)7-6-15/h8-9,11H,4-7,10,15H2,1-3H3,(H,17,20). The maximum Gasteiger partial charge on any atom is 0.269 e. The first kappa shape index (κ1) is 17.2. The van der Waals surface area contributed by atoms with Crippen LogP contribution in [0.25, 0.3) is 0 Å². The number of likely N-dealkylation sites (N-methyl/N-ethyl adjacent to an activating group) is 1. The molecule has 0 radical (unpaired) electrons. The van der Waals surface area contributed by atoms with Gasteiger partial charge in [0.05, 0.1) is 11.9 Å². The number of rotatable bonds is 8. The van der Waals surface area contributed by atoms with E-state index in [2.05, 4.69) is 10.4 Å². The van der Waals surface area contributed by atoms with Crippen LogP contribution in [0.5, 0.6) is 0 Å². The third-order valence-corrected chi connectivity index (χ3v) is 3.40. The second-order valence-corrected chi connectivity index (χ2v) is 5.00. The quantitative estimate of drug-likeness (QED) is 0.701. The van der Waals surface area contributed by atoms with Gasteiger partial charge in [0.1, 0.15) is 6.54 Å². The van der Waals surface area contributed by atoms with Crippen LogP contribution in [-0.2, 0) is 11.3 Å². The zero-order chi connectivity index (χ0) is 15.8. The first-order chi connectivity index (χ1) is 10.0. The smallest absolute Gasteiger partial charge is 0.269 e. The van der Waals surface area contributed by atoms with E-state index in [1.165, 1.54) is 6.07 Å². The van der Waals surface area contributed by atoms with Crippen LogP contribution >= 0.6 is 0 Å². The summed E-state index contributed by atoms with van der Waals surface area (Å²) < 4.78 is 1.16. The molecule has 0 fully saturated rings. The van der Waals surface area contributed by atoms with Gasteiger partial charge in [0.25, 0.3) is 5.56 Å². The summed E-state index contributed by atoms with van der Waals surface area (Å²) >= 11 is 0. The molecule has 1 heterocycles. The minimum absolute atomic E-state index is 0.0593. The van der Waals surface area contributed by atoms with E-state index in [9.17, 15) is 9.59 Å². The molecule has 1 rings (SSSR count). The molecule has 0 spiro atoms. The Balaban J connectivity index is 2.72. The summed E-state index contributed by atoms with van der Waals surface area (Å²) in [5, 5.41) is 6.93. The van der Waals surface area contributed by atoms with Crippen molar-refractivity contribution in [3.63, 3.8) is 0 Å². The Kier molecular flexibility index (Phi) is 6.87. The summed E-state index contributed by atoms with van der Waals surface area (Å²) in [4.78, 5) is 25.7. The van der Waals surface area contributed by atoms with E-state index < -0.39 is 0 Å². The van der Waals surface area contributed by atoms with Gasteiger partial charge in [0.2, 0.25) is 5.91 Å². The highest BCUT2D eigenvalue weighted by Gasteiger charge is 2.11. The topological polar surface area (TPSA) is 93.2 Å². The monoisotopic (exact) mass is 295 g/mol. The number of nitrogens with one attached hydrogen (secondary N) is 1. The molecule has 0 aromatic carbocycles. The van der Waals surface area contributed by atoms with Gasteiger partial charge in [-0.2, -0.15) is 5.10 Å². The van der Waals surface area contributed by atoms with Crippen LogP contribution in [0.15, 0.2) is 17.1 Å². The summed E-state index contributed by atoms with van der Waals surface area (Å²) in [6.45, 7) is 5.11. The number of anilines is 1. The Hall–Kier alpha value is -1.89. The molecule has 3 N–H and O–H groups in total. The third-order valence-electron chi connectivity index (χ3n) is 3.40. The lowest BCUT2D eigenvalue weighted by Crippen LogP contribution is -2.39. The molecule has 7 heteroatoms. The number of aromatic nitrogens is 2. The highest BCUT2D eigenvalue weighted by Crippen LogP contribution is 2.05. The average Bonchev–Trinajstić information content (AvgIpc) is 2.47. The largest absolute Gasteiger partial charge is 0.372 e. The Morgan fingerprint density at radius 1 is 1.48 bits per heavy atom. The molecule has 0 aliphatic carbocycles. The van der Waals surface area contributed by atoms with Crippen molar-refractivity contribution in [1.82, 2.24) is 15.1 Å². The lowest BCUT2D eigenvalue weighted by atomic mass is 10.2. The van der Waals surface area contributed by atoms with E-state index in [1.54, 1.807) is 6.20 Å². The van der Waals surface area contributed by atoms with Crippen LogP contribution < -0.4 is 21.5 Å². The predicted molar refractivity (Wildman–Crippen MR) is 83.3 cm³/mol. The Labute approximate surface area is 125 Å². The van der Waals surface area contributed by atoms with Crippen LogP contribution in [-0.4, -0.2) is 41.9 Å². The molecular weight excluding hydrogens is 270 g/mol. The number of hydrogen-bond acceptors (Lipinski definition) is 5. The number of carbonyl (C=O) groups is 1. The van der Waals surface area contributed by atoms with Gasteiger partial charge < -0.3 is 16.0 Å². The molecule has 0 saturated heterocycles. The fraction of sp³-hybridized carbons (Fsp3) is 0.643. The van der Waals surface area contributed by atoms with Crippen molar-refractivity contribution in [2.24, 2.45) is 5.73 Å². The highest BCUT2D eigenvalue weighted by atomic mass is 16.2. The molecular formula is C14H25N5O2. The summed E-state index contributed by atoms with van der Waals surface area (Å²) in [5.74, 6) is -0.193. The van der Waals surface area contributed by atoms with Crippen molar-refractivity contribution in [2.45, 2.75) is 39.3 Å². The van der Waals surface area contributed by atoms with Gasteiger partial charge in [-0.25, -0.2) is 4.68 Å². The van der Waals surface area contributed by atoms with Gasteiger partial charge in [-0.1, -0.05) is 13.8 Å². The van der Waals surface area contributed by atoms with Crippen LogP contribution in [0.4, 0.5) is 5.69 Å². The average molecular weight is 295 g/mol. The first-order valence-electron chi connectivity index (χ1n) is 7.29. The van der Waals surface area contributed by atoms with Gasteiger partial charge in [0.15, 0.2) is 0 Å². The third kappa shape index (κ3) is 5.18. The summed E-state index contributed by atoms with van der Waals surface area (Å²) in [6, 6.07) is 1.61. The van der Waals surface area contributed by atoms with Gasteiger partial charge in [-0.15, -0.1) is 0 Å². The van der Waals surface area contributed by atoms with E-state index in [4.69, 9.17) is 5.73 Å². The fourth-order valence-corrected chi connectivity index (χ4v) is 1.98. The summed E-state index contributed by atoms with van der Waals surface area (Å²) in [5.41, 5.74) is 5.88. The van der Waals surface area contributed by atoms with Crippen molar-refractivity contribution in [3.05, 3.63) is 22.6 Å². The maximum atomic E-state index is 12.0. The van der Waals surface area contributed by atoms with E-state index in [1.807, 2.05) is 25.8 Å². The summed E-state index contributed by atoms with van der Waals surface area (Å²) in [7, 11) is 1.84. The molecule has 0 saturated carbocycles. The number of hydrogen-bond donors (Lipinski definition) is 2. The maximum absolute atomic E-state index is 12.0. The van der Waals surface area contributed by atoms with Crippen molar-refractivity contribution in [3.8, 4) is 0 Å². The molecule has 1 aromatic rings. The van der Waals surface area contributed by atoms with Crippen LogP contribution in [0, 0.1) is 0 Å². The van der Waals surface area contributed by atoms with Crippen LogP contribution in [0.2, 0.25) is 0 Å². The SMILES string of the molecule is CCC(CC)NC(=O)Cn1ncc(N(C)CCN)cc1=O. The Bertz CT molecular complexity index is 510. The van der Waals surface area contributed by atoms with Crippen molar-refractivity contribution in [2.75, 3.05) is 25.0 Å². The van der Waals surface area contributed by atoms with E-state index >= 15 is 0 Å². The van der Waals surface area contributed by atoms with Gasteiger partial charge >= 0.3 is 0 Å². The minimum Gasteiger partial charge on any atom is -0.372 e. The first-order valence-corrected chi connectivity index (χ1v) is 7.29. The molecule has 0 aliphatic rings. The van der Waals surface area contributed by atoms with Gasteiger partial charge in [0, 0.05) is 32.2 Å². The van der Waals surface area contributed by atoms with E-state index in [-0.39, 0.29) is 24.1 Å². The zero-order valence-corrected chi connectivity index (χ0v) is 13.0. The molecule has 7 nitrogen and oxygen atoms in total. The number of carbonyl (C=O) groups excluding carboxylic acids is 1.